The van der Waals surface area contributed by atoms with E-state index >= 15 is 0 Å². The van der Waals surface area contributed by atoms with Gasteiger partial charge in [0.15, 0.2) is 0 Å². The lowest BCUT2D eigenvalue weighted by Crippen LogP contribution is -2.43. The molecule has 2 aliphatic heterocycles. The maximum absolute atomic E-state index is 13.6. The average molecular weight is 403 g/mol. The predicted molar refractivity (Wildman–Crippen MR) is 109 cm³/mol. The number of aromatic nitrogens is 1. The maximum Gasteiger partial charge on any atom is 0.270 e. The lowest BCUT2D eigenvalue weighted by Gasteiger charge is -2.34. The van der Waals surface area contributed by atoms with Crippen molar-refractivity contribution in [2.75, 3.05) is 11.9 Å². The summed E-state index contributed by atoms with van der Waals surface area (Å²) in [7, 11) is 0. The number of pyridine rings is 1. The van der Waals surface area contributed by atoms with E-state index in [2.05, 4.69) is 10.3 Å². The number of amides is 2. The number of rotatable bonds is 2. The molecule has 2 unspecified atom stereocenters. The second kappa shape index (κ2) is 6.66. The Labute approximate surface area is 171 Å². The number of benzene rings is 2. The fourth-order valence-electron chi connectivity index (χ4n) is 4.74. The molecular weight excluding hydrogens is 385 g/mol. The normalized spacial score (nSPS) is 22.2. The van der Waals surface area contributed by atoms with Crippen LogP contribution in [0.4, 0.5) is 10.1 Å². The van der Waals surface area contributed by atoms with Crippen molar-refractivity contribution in [3.8, 4) is 0 Å². The molecule has 2 amide bonds. The number of nitrogens with zero attached hydrogens (tertiary/aromatic N) is 1. The number of hydrogen-bond donors (Lipinski definition) is 2. The van der Waals surface area contributed by atoms with Crippen molar-refractivity contribution in [2.45, 2.75) is 17.9 Å². The Bertz CT molecular complexity index is 1220. The van der Waals surface area contributed by atoms with Gasteiger partial charge in [-0.1, -0.05) is 36.4 Å². The topological polar surface area (TPSA) is 82.3 Å². The number of likely N-dealkylation sites (tertiary alicyclic amines) is 1. The standard InChI is InChI=1S/C23H18FN3O3/c24-15-10-8-14(9-11-15)20-23(16-4-1-2-5-17(16)26-22(23)30)12-13-27(20)21(29)18-6-3-7-19(28)25-18/h1-11,20H,12-13H2,(H,25,28)(H,26,30). The summed E-state index contributed by atoms with van der Waals surface area (Å²) in [6, 6.07) is 17.1. The Kier molecular flexibility index (Phi) is 4.06. The molecule has 0 saturated carbocycles. The van der Waals surface area contributed by atoms with E-state index in [4.69, 9.17) is 0 Å². The van der Waals surface area contributed by atoms with Crippen LogP contribution in [-0.4, -0.2) is 28.2 Å². The largest absolute Gasteiger partial charge is 0.329 e. The fourth-order valence-corrected chi connectivity index (χ4v) is 4.74. The van der Waals surface area contributed by atoms with Gasteiger partial charge in [-0.15, -0.1) is 0 Å². The first-order chi connectivity index (χ1) is 14.5. The second-order valence-electron chi connectivity index (χ2n) is 7.60. The van der Waals surface area contributed by atoms with Gasteiger partial charge in [0.25, 0.3) is 5.91 Å². The third kappa shape index (κ3) is 2.58. The van der Waals surface area contributed by atoms with E-state index in [0.29, 0.717) is 18.5 Å². The van der Waals surface area contributed by atoms with Gasteiger partial charge in [0, 0.05) is 18.3 Å². The van der Waals surface area contributed by atoms with Crippen LogP contribution in [0.25, 0.3) is 0 Å². The summed E-state index contributed by atoms with van der Waals surface area (Å²) >= 11 is 0. The van der Waals surface area contributed by atoms with Crippen LogP contribution in [0.15, 0.2) is 71.5 Å². The summed E-state index contributed by atoms with van der Waals surface area (Å²) in [5.74, 6) is -0.960. The number of anilines is 1. The van der Waals surface area contributed by atoms with Crippen molar-refractivity contribution >= 4 is 17.5 Å². The highest BCUT2D eigenvalue weighted by molar-refractivity contribution is 6.08. The van der Waals surface area contributed by atoms with Gasteiger partial charge in [0.2, 0.25) is 11.5 Å². The van der Waals surface area contributed by atoms with Crippen LogP contribution in [0.2, 0.25) is 0 Å². The Morgan fingerprint density at radius 1 is 1.00 bits per heavy atom. The highest BCUT2D eigenvalue weighted by atomic mass is 19.1. The third-order valence-corrected chi connectivity index (χ3v) is 6.03. The number of carbonyl (C=O) groups is 2. The first-order valence-corrected chi connectivity index (χ1v) is 9.67. The second-order valence-corrected chi connectivity index (χ2v) is 7.60. The van der Waals surface area contributed by atoms with Crippen LogP contribution in [0.5, 0.6) is 0 Å². The Morgan fingerprint density at radius 2 is 1.77 bits per heavy atom. The van der Waals surface area contributed by atoms with E-state index in [9.17, 15) is 18.8 Å². The smallest absolute Gasteiger partial charge is 0.270 e. The van der Waals surface area contributed by atoms with Crippen molar-refractivity contribution in [1.82, 2.24) is 9.88 Å². The molecule has 150 valence electrons. The molecule has 2 aliphatic rings. The van der Waals surface area contributed by atoms with Gasteiger partial charge in [-0.05, 0) is 41.8 Å². The number of aromatic amines is 1. The molecule has 30 heavy (non-hydrogen) atoms. The third-order valence-electron chi connectivity index (χ3n) is 6.03. The number of para-hydroxylation sites is 1. The predicted octanol–water partition coefficient (Wildman–Crippen LogP) is 2.99. The molecule has 0 aliphatic carbocycles. The van der Waals surface area contributed by atoms with E-state index in [1.165, 1.54) is 24.3 Å². The molecule has 2 aromatic carbocycles. The molecule has 2 N–H and O–H groups in total. The van der Waals surface area contributed by atoms with Crippen LogP contribution in [0.3, 0.4) is 0 Å². The highest BCUT2D eigenvalue weighted by Gasteiger charge is 2.59. The van der Waals surface area contributed by atoms with Crippen LogP contribution >= 0.6 is 0 Å². The molecule has 0 radical (unpaired) electrons. The molecule has 5 rings (SSSR count). The van der Waals surface area contributed by atoms with Crippen LogP contribution in [-0.2, 0) is 10.2 Å². The molecule has 1 saturated heterocycles. The van der Waals surface area contributed by atoms with Crippen molar-refractivity contribution < 1.29 is 14.0 Å². The zero-order chi connectivity index (χ0) is 20.9. The molecule has 0 bridgehead atoms. The minimum Gasteiger partial charge on any atom is -0.329 e. The van der Waals surface area contributed by atoms with Gasteiger partial charge in [-0.25, -0.2) is 4.39 Å². The Balaban J connectivity index is 1.68. The number of carbonyl (C=O) groups excluding carboxylic acids is 2. The van der Waals surface area contributed by atoms with E-state index in [1.54, 1.807) is 23.1 Å². The molecule has 2 atom stereocenters. The molecule has 3 aromatic rings. The van der Waals surface area contributed by atoms with Gasteiger partial charge in [0.05, 0.1) is 6.04 Å². The summed E-state index contributed by atoms with van der Waals surface area (Å²) in [5.41, 5.74) is 0.986. The SMILES string of the molecule is O=C(c1cccc(=O)[nH]1)N1CCC2(C(=O)Nc3ccccc32)C1c1ccc(F)cc1. The lowest BCUT2D eigenvalue weighted by molar-refractivity contribution is -0.121. The quantitative estimate of drug-likeness (QED) is 0.690. The monoisotopic (exact) mass is 403 g/mol. The maximum atomic E-state index is 13.6. The van der Waals surface area contributed by atoms with Gasteiger partial charge in [0.1, 0.15) is 16.9 Å². The molecule has 1 aromatic heterocycles. The summed E-state index contributed by atoms with van der Waals surface area (Å²) in [4.78, 5) is 42.5. The Morgan fingerprint density at radius 3 is 2.53 bits per heavy atom. The van der Waals surface area contributed by atoms with Crippen molar-refractivity contribution in [3.63, 3.8) is 0 Å². The minimum absolute atomic E-state index is 0.151. The molecule has 1 spiro atoms. The summed E-state index contributed by atoms with van der Waals surface area (Å²) in [6.45, 7) is 0.319. The minimum atomic E-state index is -0.987. The first kappa shape index (κ1) is 18.3. The molecule has 3 heterocycles. The Hall–Kier alpha value is -3.74. The van der Waals surface area contributed by atoms with E-state index in [1.807, 2.05) is 24.3 Å². The van der Waals surface area contributed by atoms with Crippen molar-refractivity contribution in [1.29, 1.82) is 0 Å². The summed E-state index contributed by atoms with van der Waals surface area (Å²) < 4.78 is 13.6. The number of hydrogen-bond acceptors (Lipinski definition) is 3. The van der Waals surface area contributed by atoms with Crippen LogP contribution in [0.1, 0.15) is 34.1 Å². The molecule has 7 heteroatoms. The lowest BCUT2D eigenvalue weighted by atomic mass is 9.72. The first-order valence-electron chi connectivity index (χ1n) is 9.67. The average Bonchev–Trinajstić information content (AvgIpc) is 3.28. The van der Waals surface area contributed by atoms with Crippen LogP contribution in [0, 0.1) is 5.82 Å². The van der Waals surface area contributed by atoms with Crippen molar-refractivity contribution in [3.05, 3.63) is 99.7 Å². The van der Waals surface area contributed by atoms with Gasteiger partial charge >= 0.3 is 0 Å². The molecular formula is C23H18FN3O3. The van der Waals surface area contributed by atoms with Gasteiger partial charge in [-0.3, -0.25) is 14.4 Å². The number of fused-ring (bicyclic) bond motifs is 2. The highest BCUT2D eigenvalue weighted by Crippen LogP contribution is 2.54. The summed E-state index contributed by atoms with van der Waals surface area (Å²) in [5, 5.41) is 2.94. The summed E-state index contributed by atoms with van der Waals surface area (Å²) in [6.07, 6.45) is 0.417. The fraction of sp³-hybridized carbons (Fsp3) is 0.174. The van der Waals surface area contributed by atoms with E-state index in [-0.39, 0.29) is 23.1 Å². The molecule has 1 fully saturated rings. The van der Waals surface area contributed by atoms with Crippen LogP contribution < -0.4 is 10.9 Å². The number of nitrogens with one attached hydrogen (secondary N) is 2. The van der Waals surface area contributed by atoms with E-state index in [0.717, 1.165) is 11.3 Å². The van der Waals surface area contributed by atoms with E-state index < -0.39 is 17.3 Å². The van der Waals surface area contributed by atoms with Gasteiger partial charge in [-0.2, -0.15) is 0 Å². The zero-order valence-corrected chi connectivity index (χ0v) is 15.9. The number of halogens is 1. The zero-order valence-electron chi connectivity index (χ0n) is 15.9. The number of H-pyrrole nitrogens is 1. The van der Waals surface area contributed by atoms with Crippen molar-refractivity contribution in [2.24, 2.45) is 0 Å². The van der Waals surface area contributed by atoms with Gasteiger partial charge < -0.3 is 15.2 Å². The molecule has 6 nitrogen and oxygen atoms in total.